The number of Topliss-reactive ketones (excluding diaryl/α,β-unsaturated/α-hetero) is 1. The van der Waals surface area contributed by atoms with E-state index in [9.17, 15) is 4.79 Å². The zero-order chi connectivity index (χ0) is 12.6. The van der Waals surface area contributed by atoms with Gasteiger partial charge in [0.15, 0.2) is 11.4 Å². The minimum Gasteiger partial charge on any atom is -0.354 e. The van der Waals surface area contributed by atoms with E-state index in [1.807, 2.05) is 0 Å². The number of hydrogen-bond donors (Lipinski definition) is 0. The fourth-order valence-electron chi connectivity index (χ4n) is 4.38. The van der Waals surface area contributed by atoms with Crippen LogP contribution >= 0.6 is 0 Å². The van der Waals surface area contributed by atoms with Crippen molar-refractivity contribution in [3.8, 4) is 0 Å². The molecule has 0 bridgehead atoms. The first-order valence-corrected chi connectivity index (χ1v) is 7.95. The molecule has 3 aliphatic rings. The van der Waals surface area contributed by atoms with E-state index in [0.29, 0.717) is 5.78 Å². The second-order valence-electron chi connectivity index (χ2n) is 6.72. The predicted octanol–water partition coefficient (Wildman–Crippen LogP) is 4.02. The molecule has 0 aromatic rings. The van der Waals surface area contributed by atoms with Crippen LogP contribution in [0.2, 0.25) is 0 Å². The number of hydrogen-bond acceptors (Lipinski definition) is 2. The number of carbonyl (C=O) groups is 1. The van der Waals surface area contributed by atoms with E-state index in [4.69, 9.17) is 4.74 Å². The van der Waals surface area contributed by atoms with Gasteiger partial charge in [0.2, 0.25) is 0 Å². The first kappa shape index (κ1) is 12.7. The molecule has 2 aliphatic carbocycles. The molecule has 1 heterocycles. The maximum absolute atomic E-state index is 12.4. The highest BCUT2D eigenvalue weighted by molar-refractivity contribution is 5.96. The normalized spacial score (nSPS) is 45.6. The molecule has 2 heteroatoms. The van der Waals surface area contributed by atoms with E-state index >= 15 is 0 Å². The highest BCUT2D eigenvalue weighted by Crippen LogP contribution is 2.64. The van der Waals surface area contributed by atoms with Gasteiger partial charge in [-0.1, -0.05) is 51.9 Å². The summed E-state index contributed by atoms with van der Waals surface area (Å²) < 4.78 is 6.07. The highest BCUT2D eigenvalue weighted by Gasteiger charge is 2.77. The number of ketones is 1. The Morgan fingerprint density at radius 2 is 1.50 bits per heavy atom. The highest BCUT2D eigenvalue weighted by atomic mass is 16.6. The van der Waals surface area contributed by atoms with Crippen molar-refractivity contribution in [2.24, 2.45) is 5.92 Å². The van der Waals surface area contributed by atoms with Crippen LogP contribution in [-0.2, 0) is 9.53 Å². The summed E-state index contributed by atoms with van der Waals surface area (Å²) in [6.07, 6.45) is 13.6. The summed E-state index contributed by atoms with van der Waals surface area (Å²) in [6, 6.07) is 0. The van der Waals surface area contributed by atoms with Crippen LogP contribution in [0.4, 0.5) is 0 Å². The number of epoxide rings is 1. The minimum atomic E-state index is -0.328. The number of carbonyl (C=O) groups excluding carboxylic acids is 1. The summed E-state index contributed by atoms with van der Waals surface area (Å²) in [5.41, 5.74) is -0.353. The van der Waals surface area contributed by atoms with Crippen LogP contribution in [0.1, 0.15) is 77.6 Å². The lowest BCUT2D eigenvalue weighted by Gasteiger charge is -2.12. The lowest BCUT2D eigenvalue weighted by atomic mass is 9.85. The molecule has 1 aliphatic heterocycles. The molecular formula is C16H26O2. The Bertz CT molecular complexity index is 338. The number of ether oxygens (including phenoxy) is 1. The van der Waals surface area contributed by atoms with Crippen molar-refractivity contribution in [3.05, 3.63) is 0 Å². The van der Waals surface area contributed by atoms with Gasteiger partial charge in [0.1, 0.15) is 5.60 Å². The molecule has 3 fully saturated rings. The lowest BCUT2D eigenvalue weighted by molar-refractivity contribution is -0.127. The Balaban J connectivity index is 1.71. The molecule has 0 amide bonds. The van der Waals surface area contributed by atoms with Gasteiger partial charge in [-0.25, -0.2) is 0 Å². The van der Waals surface area contributed by atoms with Gasteiger partial charge >= 0.3 is 0 Å². The summed E-state index contributed by atoms with van der Waals surface area (Å²) in [5, 5.41) is 0. The molecular weight excluding hydrogens is 224 g/mol. The van der Waals surface area contributed by atoms with Gasteiger partial charge in [0, 0.05) is 5.92 Å². The van der Waals surface area contributed by atoms with Gasteiger partial charge in [-0.15, -0.1) is 0 Å². The monoisotopic (exact) mass is 250 g/mol. The SMILES string of the molecule is CC1CC23CCCCCCCCCCC2(O3)C1=O. The van der Waals surface area contributed by atoms with Gasteiger partial charge in [-0.2, -0.15) is 0 Å². The third-order valence-electron chi connectivity index (χ3n) is 5.40. The molecule has 0 spiro atoms. The largest absolute Gasteiger partial charge is 0.354 e. The van der Waals surface area contributed by atoms with Crippen LogP contribution in [0.5, 0.6) is 0 Å². The van der Waals surface area contributed by atoms with Crippen LogP contribution in [0, 0.1) is 5.92 Å². The summed E-state index contributed by atoms with van der Waals surface area (Å²) in [4.78, 5) is 12.4. The summed E-state index contributed by atoms with van der Waals surface area (Å²) in [5.74, 6) is 0.656. The summed E-state index contributed by atoms with van der Waals surface area (Å²) in [6.45, 7) is 2.10. The summed E-state index contributed by atoms with van der Waals surface area (Å²) in [7, 11) is 0. The molecule has 0 aromatic heterocycles. The molecule has 3 unspecified atom stereocenters. The topological polar surface area (TPSA) is 29.6 Å². The maximum Gasteiger partial charge on any atom is 0.170 e. The zero-order valence-electron chi connectivity index (χ0n) is 11.7. The van der Waals surface area contributed by atoms with Crippen molar-refractivity contribution in [1.82, 2.24) is 0 Å². The number of rotatable bonds is 0. The van der Waals surface area contributed by atoms with Crippen molar-refractivity contribution in [2.75, 3.05) is 0 Å². The van der Waals surface area contributed by atoms with Crippen LogP contribution in [-0.4, -0.2) is 17.0 Å². The van der Waals surface area contributed by atoms with Crippen molar-refractivity contribution in [1.29, 1.82) is 0 Å². The van der Waals surface area contributed by atoms with E-state index in [1.165, 1.54) is 51.4 Å². The van der Waals surface area contributed by atoms with E-state index < -0.39 is 0 Å². The Kier molecular flexibility index (Phi) is 3.25. The van der Waals surface area contributed by atoms with E-state index in [0.717, 1.165) is 19.3 Å². The standard InChI is InChI=1S/C16H26O2/c1-13-12-15-10-8-6-4-2-3-5-7-9-11-16(15,18-15)14(13)17/h13H,2-12H2,1H3. The molecule has 18 heavy (non-hydrogen) atoms. The summed E-state index contributed by atoms with van der Waals surface area (Å²) >= 11 is 0. The van der Waals surface area contributed by atoms with Gasteiger partial charge in [-0.3, -0.25) is 4.79 Å². The molecule has 0 aromatic carbocycles. The molecule has 0 radical (unpaired) electrons. The average Bonchev–Trinajstić information content (AvgIpc) is 2.91. The smallest absolute Gasteiger partial charge is 0.170 e. The second kappa shape index (κ2) is 4.63. The third-order valence-corrected chi connectivity index (χ3v) is 5.40. The molecule has 1 saturated heterocycles. The average molecular weight is 250 g/mol. The van der Waals surface area contributed by atoms with E-state index in [-0.39, 0.29) is 17.1 Å². The van der Waals surface area contributed by atoms with Gasteiger partial charge in [0.05, 0.1) is 0 Å². The van der Waals surface area contributed by atoms with Crippen molar-refractivity contribution < 1.29 is 9.53 Å². The molecule has 3 atom stereocenters. The van der Waals surface area contributed by atoms with Gasteiger partial charge in [0.25, 0.3) is 0 Å². The molecule has 3 rings (SSSR count). The van der Waals surface area contributed by atoms with Gasteiger partial charge < -0.3 is 4.74 Å². The Labute approximate surface area is 110 Å². The maximum atomic E-state index is 12.4. The third kappa shape index (κ3) is 1.84. The molecule has 0 N–H and O–H groups in total. The Morgan fingerprint density at radius 3 is 2.17 bits per heavy atom. The van der Waals surface area contributed by atoms with E-state index in [2.05, 4.69) is 6.92 Å². The lowest BCUT2D eigenvalue weighted by Crippen LogP contribution is -2.28. The molecule has 2 saturated carbocycles. The van der Waals surface area contributed by atoms with Crippen LogP contribution < -0.4 is 0 Å². The fraction of sp³-hybridized carbons (Fsp3) is 0.938. The minimum absolute atomic E-state index is 0.0251. The predicted molar refractivity (Wildman–Crippen MR) is 71.5 cm³/mol. The first-order chi connectivity index (χ1) is 8.70. The Hall–Kier alpha value is -0.370. The quantitative estimate of drug-likeness (QED) is 0.608. The zero-order valence-corrected chi connectivity index (χ0v) is 11.7. The van der Waals surface area contributed by atoms with Crippen molar-refractivity contribution >= 4 is 5.78 Å². The van der Waals surface area contributed by atoms with Crippen LogP contribution in [0.25, 0.3) is 0 Å². The van der Waals surface area contributed by atoms with Gasteiger partial charge in [-0.05, 0) is 25.7 Å². The first-order valence-electron chi connectivity index (χ1n) is 7.95. The van der Waals surface area contributed by atoms with Crippen LogP contribution in [0.3, 0.4) is 0 Å². The molecule has 2 nitrogen and oxygen atoms in total. The second-order valence-corrected chi connectivity index (χ2v) is 6.72. The van der Waals surface area contributed by atoms with Crippen LogP contribution in [0.15, 0.2) is 0 Å². The Morgan fingerprint density at radius 1 is 0.944 bits per heavy atom. The van der Waals surface area contributed by atoms with E-state index in [1.54, 1.807) is 0 Å². The van der Waals surface area contributed by atoms with Crippen molar-refractivity contribution in [3.63, 3.8) is 0 Å². The molecule has 102 valence electrons. The van der Waals surface area contributed by atoms with Crippen molar-refractivity contribution in [2.45, 2.75) is 88.8 Å². The fourth-order valence-corrected chi connectivity index (χ4v) is 4.38.